The minimum atomic E-state index is -2.06. The lowest BCUT2D eigenvalue weighted by molar-refractivity contribution is 0.0242. The third-order valence-electron chi connectivity index (χ3n) is 5.65. The van der Waals surface area contributed by atoms with E-state index in [4.69, 9.17) is 4.74 Å². The molecule has 0 unspecified atom stereocenters. The summed E-state index contributed by atoms with van der Waals surface area (Å²) in [5, 5.41) is 0. The molecule has 1 heterocycles. The summed E-state index contributed by atoms with van der Waals surface area (Å²) in [7, 11) is 7.29. The first-order valence-electron chi connectivity index (χ1n) is 9.75. The number of fused-ring (bicyclic) bond motifs is 1. The average molecular weight is 444 g/mol. The maximum absolute atomic E-state index is 15.2. The highest BCUT2D eigenvalue weighted by Gasteiger charge is 2.54. The molecule has 32 heavy (non-hydrogen) atoms. The van der Waals surface area contributed by atoms with Gasteiger partial charge in [-0.2, -0.15) is 0 Å². The lowest BCUT2D eigenvalue weighted by Gasteiger charge is -2.31. The highest BCUT2D eigenvalue weighted by atomic mass is 19.2. The third-order valence-corrected chi connectivity index (χ3v) is 5.65. The predicted molar refractivity (Wildman–Crippen MR) is 113 cm³/mol. The molecule has 0 atom stereocenters. The van der Waals surface area contributed by atoms with Crippen molar-refractivity contribution in [2.45, 2.75) is 5.60 Å². The average Bonchev–Trinajstić information content (AvgIpc) is 3.10. The number of ether oxygens (including phenoxy) is 1. The summed E-state index contributed by atoms with van der Waals surface area (Å²) in [4.78, 5) is 16.3. The number of benzene rings is 3. The molecule has 0 amide bonds. The molecule has 1 aliphatic rings. The van der Waals surface area contributed by atoms with E-state index in [-0.39, 0.29) is 11.1 Å². The Kier molecular flexibility index (Phi) is 5.11. The normalized spacial score (nSPS) is 14.2. The summed E-state index contributed by atoms with van der Waals surface area (Å²) >= 11 is 0. The van der Waals surface area contributed by atoms with Gasteiger partial charge in [0, 0.05) is 50.7 Å². The van der Waals surface area contributed by atoms with Crippen LogP contribution >= 0.6 is 0 Å². The zero-order chi connectivity index (χ0) is 23.4. The van der Waals surface area contributed by atoms with Crippen LogP contribution in [0.2, 0.25) is 0 Å². The molecule has 0 saturated heterocycles. The molecular formula is C24H20F4N2O2. The predicted octanol–water partition coefficient (Wildman–Crippen LogP) is 4.84. The molecule has 0 saturated carbocycles. The summed E-state index contributed by atoms with van der Waals surface area (Å²) in [6.45, 7) is 0. The maximum atomic E-state index is 15.2. The van der Waals surface area contributed by atoms with Crippen molar-refractivity contribution in [3.05, 3.63) is 94.1 Å². The molecule has 4 rings (SSSR count). The van der Waals surface area contributed by atoms with Gasteiger partial charge in [-0.3, -0.25) is 0 Å². The first-order chi connectivity index (χ1) is 15.1. The van der Waals surface area contributed by atoms with Gasteiger partial charge in [0.25, 0.3) is 0 Å². The molecule has 0 aliphatic carbocycles. The Balaban J connectivity index is 2.07. The van der Waals surface area contributed by atoms with Crippen molar-refractivity contribution in [2.24, 2.45) is 0 Å². The standard InChI is InChI=1S/C24H20F4N2O2/c1-29(2)15-9-5-13(6-10-15)24(14-7-11-16(12-8-14)30(3)4)18-17(23(31)32-24)19(25)21(27)22(28)20(18)26/h5-12H,1-4H3. The number of cyclic esters (lactones) is 1. The van der Waals surface area contributed by atoms with Crippen molar-refractivity contribution in [1.29, 1.82) is 0 Å². The molecule has 0 fully saturated rings. The third kappa shape index (κ3) is 3.01. The molecule has 0 bridgehead atoms. The van der Waals surface area contributed by atoms with Gasteiger partial charge < -0.3 is 14.5 Å². The minimum absolute atomic E-state index is 0.261. The quantitative estimate of drug-likeness (QED) is 0.250. The number of anilines is 2. The van der Waals surface area contributed by atoms with E-state index < -0.39 is 46.0 Å². The number of carbonyl (C=O) groups excluding carboxylic acids is 1. The van der Waals surface area contributed by atoms with Gasteiger partial charge in [0.05, 0.1) is 5.56 Å². The fourth-order valence-corrected chi connectivity index (χ4v) is 3.96. The van der Waals surface area contributed by atoms with E-state index in [1.807, 2.05) is 38.0 Å². The van der Waals surface area contributed by atoms with Gasteiger partial charge in [-0.15, -0.1) is 0 Å². The summed E-state index contributed by atoms with van der Waals surface area (Å²) in [6, 6.07) is 13.1. The van der Waals surface area contributed by atoms with E-state index in [1.165, 1.54) is 0 Å². The Morgan fingerprint density at radius 2 is 1.06 bits per heavy atom. The van der Waals surface area contributed by atoms with Crippen molar-refractivity contribution >= 4 is 17.3 Å². The fourth-order valence-electron chi connectivity index (χ4n) is 3.96. The molecule has 8 heteroatoms. The zero-order valence-electron chi connectivity index (χ0n) is 17.8. The number of esters is 1. The van der Waals surface area contributed by atoms with Gasteiger partial charge in [-0.05, 0) is 24.3 Å². The van der Waals surface area contributed by atoms with E-state index in [1.54, 1.807) is 48.5 Å². The van der Waals surface area contributed by atoms with Crippen LogP contribution in [0, 0.1) is 23.3 Å². The van der Waals surface area contributed by atoms with E-state index >= 15 is 4.39 Å². The van der Waals surface area contributed by atoms with Gasteiger partial charge in [-0.25, -0.2) is 22.4 Å². The molecule has 4 nitrogen and oxygen atoms in total. The number of carbonyl (C=O) groups is 1. The molecule has 3 aromatic rings. The molecule has 0 radical (unpaired) electrons. The monoisotopic (exact) mass is 444 g/mol. The summed E-state index contributed by atoms with van der Waals surface area (Å²) < 4.78 is 63.6. The van der Waals surface area contributed by atoms with Crippen LogP contribution in [0.4, 0.5) is 28.9 Å². The van der Waals surface area contributed by atoms with Crippen LogP contribution in [-0.4, -0.2) is 34.2 Å². The van der Waals surface area contributed by atoms with Gasteiger partial charge >= 0.3 is 5.97 Å². The van der Waals surface area contributed by atoms with E-state index in [2.05, 4.69) is 0 Å². The van der Waals surface area contributed by atoms with Crippen LogP contribution in [-0.2, 0) is 10.3 Å². The number of rotatable bonds is 4. The van der Waals surface area contributed by atoms with Gasteiger partial charge in [0.2, 0.25) is 0 Å². The van der Waals surface area contributed by atoms with Crippen molar-refractivity contribution in [2.75, 3.05) is 38.0 Å². The first kappa shape index (κ1) is 21.7. The van der Waals surface area contributed by atoms with Gasteiger partial charge in [0.1, 0.15) is 5.56 Å². The molecule has 0 spiro atoms. The van der Waals surface area contributed by atoms with Crippen LogP contribution in [0.5, 0.6) is 0 Å². The van der Waals surface area contributed by atoms with Gasteiger partial charge in [0.15, 0.2) is 28.9 Å². The lowest BCUT2D eigenvalue weighted by atomic mass is 9.79. The Morgan fingerprint density at radius 1 is 0.656 bits per heavy atom. The van der Waals surface area contributed by atoms with Crippen molar-refractivity contribution in [1.82, 2.24) is 0 Å². The molecular weight excluding hydrogens is 424 g/mol. The highest BCUT2D eigenvalue weighted by Crippen LogP contribution is 2.50. The minimum Gasteiger partial charge on any atom is -0.440 e. The smallest absolute Gasteiger partial charge is 0.343 e. The topological polar surface area (TPSA) is 32.8 Å². The van der Waals surface area contributed by atoms with Crippen LogP contribution in [0.1, 0.15) is 27.0 Å². The second-order valence-electron chi connectivity index (χ2n) is 7.96. The van der Waals surface area contributed by atoms with Crippen LogP contribution in [0.25, 0.3) is 0 Å². The van der Waals surface area contributed by atoms with Crippen molar-refractivity contribution in [3.8, 4) is 0 Å². The highest BCUT2D eigenvalue weighted by molar-refractivity contribution is 5.97. The fraction of sp³-hybridized carbons (Fsp3) is 0.208. The second-order valence-corrected chi connectivity index (χ2v) is 7.96. The largest absolute Gasteiger partial charge is 0.440 e. The Morgan fingerprint density at radius 3 is 1.47 bits per heavy atom. The molecule has 0 N–H and O–H groups in total. The van der Waals surface area contributed by atoms with Crippen LogP contribution in [0.3, 0.4) is 0 Å². The summed E-state index contributed by atoms with van der Waals surface area (Å²) in [6.07, 6.45) is 0. The Bertz CT molecular complexity index is 1150. The van der Waals surface area contributed by atoms with Crippen LogP contribution in [0.15, 0.2) is 48.5 Å². The Hall–Kier alpha value is -3.55. The SMILES string of the molecule is CN(C)c1ccc(C2(c3ccc(N(C)C)cc3)OC(=O)c3c(F)c(F)c(F)c(F)c32)cc1. The molecule has 3 aromatic carbocycles. The number of hydrogen-bond donors (Lipinski definition) is 0. The Labute approximate surface area is 182 Å². The van der Waals surface area contributed by atoms with Crippen LogP contribution < -0.4 is 9.80 Å². The number of nitrogens with zero attached hydrogens (tertiary/aromatic N) is 2. The van der Waals surface area contributed by atoms with Crippen molar-refractivity contribution < 1.29 is 27.1 Å². The molecule has 0 aromatic heterocycles. The van der Waals surface area contributed by atoms with Crippen molar-refractivity contribution in [3.63, 3.8) is 0 Å². The van der Waals surface area contributed by atoms with E-state index in [9.17, 15) is 18.0 Å². The summed E-state index contributed by atoms with van der Waals surface area (Å²) in [5.74, 6) is -8.78. The van der Waals surface area contributed by atoms with Gasteiger partial charge in [-0.1, -0.05) is 24.3 Å². The molecule has 166 valence electrons. The number of hydrogen-bond acceptors (Lipinski definition) is 4. The second kappa shape index (κ2) is 7.55. The first-order valence-corrected chi connectivity index (χ1v) is 9.75. The lowest BCUT2D eigenvalue weighted by Crippen LogP contribution is -2.31. The number of halogens is 4. The maximum Gasteiger partial charge on any atom is 0.343 e. The van der Waals surface area contributed by atoms with E-state index in [0.29, 0.717) is 0 Å². The molecule has 1 aliphatic heterocycles. The summed E-state index contributed by atoms with van der Waals surface area (Å²) in [5.41, 5.74) is -1.51. The zero-order valence-corrected chi connectivity index (χ0v) is 17.8. The van der Waals surface area contributed by atoms with E-state index in [0.717, 1.165) is 11.4 Å².